The molecule has 2 aliphatic rings. The maximum atomic E-state index is 9.52. The molecule has 2 saturated heterocycles. The lowest BCUT2D eigenvalue weighted by molar-refractivity contribution is 0.175. The normalized spacial score (nSPS) is 24.2. The minimum absolute atomic E-state index is 0.120. The molecule has 1 aromatic rings. The lowest BCUT2D eigenvalue weighted by atomic mass is 10.1. The second-order valence-corrected chi connectivity index (χ2v) is 7.66. The first kappa shape index (κ1) is 15.3. The van der Waals surface area contributed by atoms with Crippen molar-refractivity contribution in [2.24, 2.45) is 0 Å². The van der Waals surface area contributed by atoms with Crippen LogP contribution in [-0.4, -0.2) is 47.2 Å². The molecule has 3 heterocycles. The molecule has 21 heavy (non-hydrogen) atoms. The Morgan fingerprint density at radius 3 is 2.62 bits per heavy atom. The molecule has 0 aliphatic carbocycles. The number of likely N-dealkylation sites (tertiary alicyclic amines) is 1. The van der Waals surface area contributed by atoms with Gasteiger partial charge in [-0.3, -0.25) is 4.90 Å². The van der Waals surface area contributed by atoms with Gasteiger partial charge >= 0.3 is 0 Å². The van der Waals surface area contributed by atoms with Gasteiger partial charge < -0.3 is 10.0 Å². The summed E-state index contributed by atoms with van der Waals surface area (Å²) in [5, 5.41) is 10.6. The average molecular weight is 309 g/mol. The first-order valence-electron chi connectivity index (χ1n) is 8.28. The van der Waals surface area contributed by atoms with Crippen LogP contribution < -0.4 is 4.90 Å². The van der Waals surface area contributed by atoms with Crippen molar-refractivity contribution in [2.45, 2.75) is 58.1 Å². The maximum Gasteiger partial charge on any atom is 0.185 e. The van der Waals surface area contributed by atoms with Gasteiger partial charge in [-0.2, -0.15) is 0 Å². The molecule has 1 N–H and O–H groups in total. The maximum absolute atomic E-state index is 9.52. The average Bonchev–Trinajstić information content (AvgIpc) is 3.14. The van der Waals surface area contributed by atoms with E-state index >= 15 is 0 Å². The predicted octanol–water partition coefficient (Wildman–Crippen LogP) is 2.82. The SMILES string of the molecule is CC(C)c1nc(N2CCC(N3CCCCC3)C2)sc1CO. The van der Waals surface area contributed by atoms with Gasteiger partial charge in [0.1, 0.15) is 0 Å². The number of anilines is 1. The fraction of sp³-hybridized carbons (Fsp3) is 0.812. The summed E-state index contributed by atoms with van der Waals surface area (Å²) >= 11 is 1.68. The van der Waals surface area contributed by atoms with E-state index in [1.165, 1.54) is 38.8 Å². The van der Waals surface area contributed by atoms with Gasteiger partial charge in [0.15, 0.2) is 5.13 Å². The molecule has 0 aromatic carbocycles. The van der Waals surface area contributed by atoms with Crippen molar-refractivity contribution in [1.29, 1.82) is 0 Å². The van der Waals surface area contributed by atoms with Crippen molar-refractivity contribution < 1.29 is 5.11 Å². The Morgan fingerprint density at radius 1 is 1.24 bits per heavy atom. The summed E-state index contributed by atoms with van der Waals surface area (Å²) < 4.78 is 0. The molecule has 5 heteroatoms. The molecule has 1 atom stereocenters. The van der Waals surface area contributed by atoms with Crippen LogP contribution in [0.4, 0.5) is 5.13 Å². The number of thiazole rings is 1. The molecule has 2 fully saturated rings. The molecule has 118 valence electrons. The number of aromatic nitrogens is 1. The first-order valence-corrected chi connectivity index (χ1v) is 9.10. The van der Waals surface area contributed by atoms with Crippen LogP contribution in [0.25, 0.3) is 0 Å². The van der Waals surface area contributed by atoms with Crippen molar-refractivity contribution >= 4 is 16.5 Å². The van der Waals surface area contributed by atoms with E-state index in [0.29, 0.717) is 12.0 Å². The van der Waals surface area contributed by atoms with Crippen LogP contribution in [0, 0.1) is 0 Å². The molecular formula is C16H27N3OS. The molecule has 1 aromatic heterocycles. The number of hydrogen-bond donors (Lipinski definition) is 1. The van der Waals surface area contributed by atoms with Gasteiger partial charge in [0.2, 0.25) is 0 Å². The quantitative estimate of drug-likeness (QED) is 0.928. The highest BCUT2D eigenvalue weighted by Gasteiger charge is 2.30. The number of piperidine rings is 1. The van der Waals surface area contributed by atoms with Crippen LogP contribution in [0.15, 0.2) is 0 Å². The molecule has 4 nitrogen and oxygen atoms in total. The molecule has 0 saturated carbocycles. The molecule has 0 radical (unpaired) electrons. The zero-order chi connectivity index (χ0) is 14.8. The second kappa shape index (κ2) is 6.63. The zero-order valence-electron chi connectivity index (χ0n) is 13.2. The summed E-state index contributed by atoms with van der Waals surface area (Å²) in [5.41, 5.74) is 1.08. The van der Waals surface area contributed by atoms with Crippen molar-refractivity contribution in [3.8, 4) is 0 Å². The topological polar surface area (TPSA) is 39.6 Å². The molecule has 0 spiro atoms. The summed E-state index contributed by atoms with van der Waals surface area (Å²) in [6, 6.07) is 0.703. The lowest BCUT2D eigenvalue weighted by Gasteiger charge is -2.32. The summed E-state index contributed by atoms with van der Waals surface area (Å²) in [7, 11) is 0. The number of aliphatic hydroxyl groups is 1. The van der Waals surface area contributed by atoms with Gasteiger partial charge in [-0.25, -0.2) is 4.98 Å². The monoisotopic (exact) mass is 309 g/mol. The third-order valence-corrected chi connectivity index (χ3v) is 5.86. The zero-order valence-corrected chi connectivity index (χ0v) is 14.0. The fourth-order valence-corrected chi connectivity index (χ4v) is 4.66. The summed E-state index contributed by atoms with van der Waals surface area (Å²) in [6.07, 6.45) is 5.38. The Bertz CT molecular complexity index is 468. The van der Waals surface area contributed by atoms with Crippen molar-refractivity contribution in [2.75, 3.05) is 31.1 Å². The van der Waals surface area contributed by atoms with E-state index in [4.69, 9.17) is 4.98 Å². The molecule has 0 amide bonds. The van der Waals surface area contributed by atoms with Gasteiger partial charge in [-0.15, -0.1) is 0 Å². The Labute approximate surface area is 131 Å². The molecular weight excluding hydrogens is 282 g/mol. The van der Waals surface area contributed by atoms with E-state index in [-0.39, 0.29) is 6.61 Å². The van der Waals surface area contributed by atoms with E-state index in [1.807, 2.05) is 0 Å². The summed E-state index contributed by atoms with van der Waals surface area (Å²) in [6.45, 7) is 9.18. The minimum Gasteiger partial charge on any atom is -0.391 e. The highest BCUT2D eigenvalue weighted by atomic mass is 32.1. The van der Waals surface area contributed by atoms with Crippen LogP contribution in [0.1, 0.15) is 56.0 Å². The lowest BCUT2D eigenvalue weighted by Crippen LogP contribution is -2.40. The third-order valence-electron chi connectivity index (χ3n) is 4.75. The van der Waals surface area contributed by atoms with Gasteiger partial charge in [0, 0.05) is 19.1 Å². The number of hydrogen-bond acceptors (Lipinski definition) is 5. The highest BCUT2D eigenvalue weighted by Crippen LogP contribution is 2.33. The Kier molecular flexibility index (Phi) is 4.82. The second-order valence-electron chi connectivity index (χ2n) is 6.60. The standard InChI is InChI=1S/C16H27N3OS/c1-12(2)15-14(11-20)21-16(17-15)19-9-6-13(10-19)18-7-4-3-5-8-18/h12-13,20H,3-11H2,1-2H3. The van der Waals surface area contributed by atoms with E-state index in [2.05, 4.69) is 23.6 Å². The van der Waals surface area contributed by atoms with E-state index in [0.717, 1.165) is 28.8 Å². The Morgan fingerprint density at radius 2 is 2.00 bits per heavy atom. The molecule has 0 bridgehead atoms. The third kappa shape index (κ3) is 3.25. The van der Waals surface area contributed by atoms with Crippen LogP contribution in [-0.2, 0) is 6.61 Å². The van der Waals surface area contributed by atoms with Crippen molar-refractivity contribution in [3.63, 3.8) is 0 Å². The molecule has 2 aliphatic heterocycles. The van der Waals surface area contributed by atoms with Crippen LogP contribution in [0.3, 0.4) is 0 Å². The summed E-state index contributed by atoms with van der Waals surface area (Å²) in [4.78, 5) is 11.0. The van der Waals surface area contributed by atoms with Crippen LogP contribution in [0.5, 0.6) is 0 Å². The van der Waals surface area contributed by atoms with Gasteiger partial charge in [-0.05, 0) is 38.3 Å². The number of aliphatic hydroxyl groups excluding tert-OH is 1. The Hall–Kier alpha value is -0.650. The van der Waals surface area contributed by atoms with Gasteiger partial charge in [-0.1, -0.05) is 31.6 Å². The first-order chi connectivity index (χ1) is 10.2. The fourth-order valence-electron chi connectivity index (χ4n) is 3.55. The smallest absolute Gasteiger partial charge is 0.185 e. The number of nitrogens with zero attached hydrogens (tertiary/aromatic N) is 3. The predicted molar refractivity (Wildman–Crippen MR) is 88.2 cm³/mol. The van der Waals surface area contributed by atoms with Gasteiger partial charge in [0.25, 0.3) is 0 Å². The van der Waals surface area contributed by atoms with E-state index in [9.17, 15) is 5.11 Å². The number of rotatable bonds is 4. The molecule has 1 unspecified atom stereocenters. The molecule has 3 rings (SSSR count). The van der Waals surface area contributed by atoms with Crippen LogP contribution >= 0.6 is 11.3 Å². The van der Waals surface area contributed by atoms with Crippen molar-refractivity contribution in [1.82, 2.24) is 9.88 Å². The Balaban J connectivity index is 1.68. The summed E-state index contributed by atoms with van der Waals surface area (Å²) in [5.74, 6) is 0.387. The van der Waals surface area contributed by atoms with Gasteiger partial charge in [0.05, 0.1) is 17.2 Å². The van der Waals surface area contributed by atoms with Crippen molar-refractivity contribution in [3.05, 3.63) is 10.6 Å². The van der Waals surface area contributed by atoms with E-state index < -0.39 is 0 Å². The van der Waals surface area contributed by atoms with Crippen LogP contribution in [0.2, 0.25) is 0 Å². The van der Waals surface area contributed by atoms with E-state index in [1.54, 1.807) is 11.3 Å². The highest BCUT2D eigenvalue weighted by molar-refractivity contribution is 7.15. The largest absolute Gasteiger partial charge is 0.391 e. The minimum atomic E-state index is 0.120.